The number of aliphatic hydroxyl groups is 3. The molecule has 6 atom stereocenters. The summed E-state index contributed by atoms with van der Waals surface area (Å²) in [6, 6.07) is 0. The fourth-order valence-electron chi connectivity index (χ4n) is 6.97. The maximum atomic E-state index is 10.2. The summed E-state index contributed by atoms with van der Waals surface area (Å²) in [7, 11) is 0. The molecule has 3 aliphatic carbocycles. The minimum atomic E-state index is -0.621. The van der Waals surface area contributed by atoms with Gasteiger partial charge >= 0.3 is 0 Å². The van der Waals surface area contributed by atoms with Crippen molar-refractivity contribution in [3.8, 4) is 0 Å². The third-order valence-corrected chi connectivity index (χ3v) is 9.41. The van der Waals surface area contributed by atoms with Gasteiger partial charge in [0.15, 0.2) is 0 Å². The number of rotatable bonds is 6. The normalized spacial score (nSPS) is 40.4. The molecule has 1 unspecified atom stereocenters. The lowest BCUT2D eigenvalue weighted by atomic mass is 9.53. The second-order valence-corrected chi connectivity index (χ2v) is 12.0. The van der Waals surface area contributed by atoms with Gasteiger partial charge in [-0.05, 0) is 92.6 Å². The number of fused-ring (bicyclic) bond motifs is 1. The van der Waals surface area contributed by atoms with E-state index >= 15 is 0 Å². The van der Waals surface area contributed by atoms with Crippen LogP contribution in [0.15, 0.2) is 35.5 Å². The van der Waals surface area contributed by atoms with E-state index in [1.54, 1.807) is 5.57 Å². The Morgan fingerprint density at radius 3 is 2.58 bits per heavy atom. The Balaban J connectivity index is 1.76. The monoisotopic (exact) mass is 430 g/mol. The molecule has 3 nitrogen and oxygen atoms in total. The molecule has 0 aliphatic heterocycles. The van der Waals surface area contributed by atoms with Gasteiger partial charge in [-0.2, -0.15) is 0 Å². The van der Waals surface area contributed by atoms with Crippen molar-refractivity contribution in [2.24, 2.45) is 22.7 Å². The molecule has 3 rings (SSSR count). The Bertz CT molecular complexity index is 727. The standard InChI is InChI=1S/C28H46O3/c1-19(9-7-14-26(3,4)31)27(5)16-13-24-21(10-8-15-28(24,27)6)11-12-22-17-23(29)18-25(30)20(22)2/h11-12,19,23-25,29-31H,2,7-10,13-18H2,1,3-6H3/b21-11+,22-12-/t19-,23+,24-,25-,27?,28-/m0/s1. The Morgan fingerprint density at radius 2 is 1.90 bits per heavy atom. The lowest BCUT2D eigenvalue weighted by Gasteiger charge is -2.51. The summed E-state index contributed by atoms with van der Waals surface area (Å²) < 4.78 is 0. The zero-order valence-corrected chi connectivity index (χ0v) is 20.6. The molecule has 31 heavy (non-hydrogen) atoms. The molecular weight excluding hydrogens is 384 g/mol. The number of hydrogen-bond acceptors (Lipinski definition) is 3. The maximum Gasteiger partial charge on any atom is 0.0811 e. The van der Waals surface area contributed by atoms with Gasteiger partial charge in [-0.3, -0.25) is 0 Å². The van der Waals surface area contributed by atoms with Gasteiger partial charge in [0.2, 0.25) is 0 Å². The molecule has 0 heterocycles. The first-order valence-electron chi connectivity index (χ1n) is 12.5. The van der Waals surface area contributed by atoms with E-state index < -0.39 is 17.8 Å². The van der Waals surface area contributed by atoms with Crippen molar-refractivity contribution < 1.29 is 15.3 Å². The van der Waals surface area contributed by atoms with Crippen LogP contribution in [0, 0.1) is 22.7 Å². The molecule has 0 aromatic carbocycles. The zero-order valence-electron chi connectivity index (χ0n) is 20.6. The molecule has 0 amide bonds. The molecule has 3 saturated carbocycles. The summed E-state index contributed by atoms with van der Waals surface area (Å²) in [4.78, 5) is 0. The van der Waals surface area contributed by atoms with E-state index in [2.05, 4.69) is 39.5 Å². The third kappa shape index (κ3) is 5.04. The van der Waals surface area contributed by atoms with Crippen molar-refractivity contribution in [3.63, 3.8) is 0 Å². The van der Waals surface area contributed by atoms with Crippen molar-refractivity contribution in [3.05, 3.63) is 35.5 Å². The molecule has 3 N–H and O–H groups in total. The summed E-state index contributed by atoms with van der Waals surface area (Å²) in [5, 5.41) is 30.3. The number of aliphatic hydroxyl groups excluding tert-OH is 2. The average Bonchev–Trinajstić information content (AvgIpc) is 2.95. The summed E-state index contributed by atoms with van der Waals surface area (Å²) in [6.45, 7) is 15.4. The van der Waals surface area contributed by atoms with Crippen LogP contribution in [0.2, 0.25) is 0 Å². The van der Waals surface area contributed by atoms with Crippen molar-refractivity contribution in [1.29, 1.82) is 0 Å². The SMILES string of the molecule is C=C1/C(=C\C=C2/CCC[C@@]3(C)[C@H]2CCC3(C)[C@@H](C)CCCC(C)(C)O)C[C@@H](O)C[C@@H]1O. The molecule has 0 saturated heterocycles. The van der Waals surface area contributed by atoms with Gasteiger partial charge < -0.3 is 15.3 Å². The van der Waals surface area contributed by atoms with E-state index in [1.807, 2.05) is 13.8 Å². The molecule has 0 spiro atoms. The summed E-state index contributed by atoms with van der Waals surface area (Å²) >= 11 is 0. The molecule has 3 fully saturated rings. The predicted molar refractivity (Wildman–Crippen MR) is 129 cm³/mol. The highest BCUT2D eigenvalue weighted by Gasteiger charge is 2.57. The first-order chi connectivity index (χ1) is 14.4. The Morgan fingerprint density at radius 1 is 1.19 bits per heavy atom. The highest BCUT2D eigenvalue weighted by Crippen LogP contribution is 2.66. The van der Waals surface area contributed by atoms with Crippen molar-refractivity contribution in [1.82, 2.24) is 0 Å². The Kier molecular flexibility index (Phi) is 7.30. The summed E-state index contributed by atoms with van der Waals surface area (Å²) in [5.41, 5.74) is 3.40. The van der Waals surface area contributed by atoms with E-state index in [0.717, 1.165) is 30.4 Å². The fraction of sp³-hybridized carbons (Fsp3) is 0.786. The smallest absolute Gasteiger partial charge is 0.0811 e. The van der Waals surface area contributed by atoms with E-state index in [-0.39, 0.29) is 0 Å². The molecule has 0 aromatic rings. The van der Waals surface area contributed by atoms with Crippen LogP contribution in [0.5, 0.6) is 0 Å². The molecule has 176 valence electrons. The quantitative estimate of drug-likeness (QED) is 0.477. The number of allylic oxidation sites excluding steroid dienone is 3. The molecule has 0 aromatic heterocycles. The first-order valence-corrected chi connectivity index (χ1v) is 12.5. The van der Waals surface area contributed by atoms with Crippen LogP contribution in [-0.4, -0.2) is 33.1 Å². The van der Waals surface area contributed by atoms with Gasteiger partial charge in [0.1, 0.15) is 0 Å². The first kappa shape index (κ1) is 24.7. The largest absolute Gasteiger partial charge is 0.393 e. The van der Waals surface area contributed by atoms with Crippen LogP contribution >= 0.6 is 0 Å². The van der Waals surface area contributed by atoms with Crippen LogP contribution < -0.4 is 0 Å². The summed E-state index contributed by atoms with van der Waals surface area (Å²) in [6.07, 6.45) is 13.7. The minimum Gasteiger partial charge on any atom is -0.393 e. The van der Waals surface area contributed by atoms with E-state index in [9.17, 15) is 15.3 Å². The lowest BCUT2D eigenvalue weighted by Crippen LogP contribution is -2.43. The highest BCUT2D eigenvalue weighted by atomic mass is 16.3. The summed E-state index contributed by atoms with van der Waals surface area (Å²) in [5.74, 6) is 1.26. The van der Waals surface area contributed by atoms with Crippen LogP contribution in [-0.2, 0) is 0 Å². The Labute approximate surface area is 190 Å². The zero-order chi connectivity index (χ0) is 23.0. The number of hydrogen-bond donors (Lipinski definition) is 3. The molecule has 0 radical (unpaired) electrons. The van der Waals surface area contributed by atoms with Gasteiger partial charge in [0, 0.05) is 6.42 Å². The van der Waals surface area contributed by atoms with Crippen molar-refractivity contribution >= 4 is 0 Å². The van der Waals surface area contributed by atoms with E-state index in [1.165, 1.54) is 32.1 Å². The minimum absolute atomic E-state index is 0.312. The Hall–Kier alpha value is -0.900. The second-order valence-electron chi connectivity index (χ2n) is 12.0. The highest BCUT2D eigenvalue weighted by molar-refractivity contribution is 5.38. The van der Waals surface area contributed by atoms with Gasteiger partial charge in [-0.15, -0.1) is 0 Å². The molecule has 0 bridgehead atoms. The van der Waals surface area contributed by atoms with Crippen LogP contribution in [0.3, 0.4) is 0 Å². The van der Waals surface area contributed by atoms with Crippen molar-refractivity contribution in [2.45, 2.75) is 117 Å². The van der Waals surface area contributed by atoms with Gasteiger partial charge in [0.05, 0.1) is 17.8 Å². The lowest BCUT2D eigenvalue weighted by molar-refractivity contribution is -0.00153. The van der Waals surface area contributed by atoms with Crippen LogP contribution in [0.1, 0.15) is 98.8 Å². The van der Waals surface area contributed by atoms with E-state index in [4.69, 9.17) is 0 Å². The topological polar surface area (TPSA) is 60.7 Å². The molecule has 3 aliphatic rings. The molecule has 3 heteroatoms. The van der Waals surface area contributed by atoms with Crippen LogP contribution in [0.25, 0.3) is 0 Å². The molecular formula is C28H46O3. The predicted octanol–water partition coefficient (Wildman–Crippen LogP) is 6.09. The van der Waals surface area contributed by atoms with Crippen LogP contribution in [0.4, 0.5) is 0 Å². The van der Waals surface area contributed by atoms with Gasteiger partial charge in [-0.1, -0.05) is 57.9 Å². The van der Waals surface area contributed by atoms with E-state index in [0.29, 0.717) is 35.5 Å². The maximum absolute atomic E-state index is 10.2. The fourth-order valence-corrected chi connectivity index (χ4v) is 6.97. The second kappa shape index (κ2) is 9.15. The van der Waals surface area contributed by atoms with Gasteiger partial charge in [-0.25, -0.2) is 0 Å². The third-order valence-electron chi connectivity index (χ3n) is 9.41. The van der Waals surface area contributed by atoms with Crippen molar-refractivity contribution in [2.75, 3.05) is 0 Å². The average molecular weight is 431 g/mol. The van der Waals surface area contributed by atoms with Gasteiger partial charge in [0.25, 0.3) is 0 Å².